The van der Waals surface area contributed by atoms with Gasteiger partial charge in [-0.2, -0.15) is 13.2 Å². The predicted octanol–water partition coefficient (Wildman–Crippen LogP) is 2.85. The lowest BCUT2D eigenvalue weighted by Crippen LogP contribution is -2.40. The Morgan fingerprint density at radius 3 is 2.41 bits per heavy atom. The monoisotopic (exact) mass is 399 g/mol. The highest BCUT2D eigenvalue weighted by molar-refractivity contribution is 6.30. The first-order chi connectivity index (χ1) is 12.7. The van der Waals surface area contributed by atoms with Crippen molar-refractivity contribution in [3.05, 3.63) is 68.0 Å². The molecule has 0 amide bonds. The van der Waals surface area contributed by atoms with Gasteiger partial charge in [-0.15, -0.1) is 0 Å². The highest BCUT2D eigenvalue weighted by Gasteiger charge is 2.33. The average Bonchev–Trinajstić information content (AvgIpc) is 2.63. The molecule has 0 atom stereocenters. The van der Waals surface area contributed by atoms with Crippen LogP contribution in [0.25, 0.3) is 11.0 Å². The molecular weight excluding hydrogens is 387 g/mol. The zero-order chi connectivity index (χ0) is 19.8. The van der Waals surface area contributed by atoms with Gasteiger partial charge in [0.25, 0.3) is 5.56 Å². The van der Waals surface area contributed by atoms with Crippen molar-refractivity contribution in [3.8, 4) is 5.75 Å². The Labute approximate surface area is 155 Å². The highest BCUT2D eigenvalue weighted by atomic mass is 35.5. The lowest BCUT2D eigenvalue weighted by Gasteiger charge is -2.12. The molecule has 3 rings (SSSR count). The van der Waals surface area contributed by atoms with Crippen LogP contribution in [0.5, 0.6) is 5.75 Å². The number of ether oxygens (including phenoxy) is 1. The maximum absolute atomic E-state index is 12.8. The summed E-state index contributed by atoms with van der Waals surface area (Å²) < 4.78 is 45.7. The molecule has 3 aromatic rings. The van der Waals surface area contributed by atoms with Crippen LogP contribution < -0.4 is 16.0 Å². The zero-order valence-corrected chi connectivity index (χ0v) is 14.7. The van der Waals surface area contributed by atoms with Gasteiger partial charge in [-0.3, -0.25) is 13.9 Å². The third-order valence-corrected chi connectivity index (χ3v) is 4.13. The molecule has 0 radical (unpaired) electrons. The Balaban J connectivity index is 1.93. The third kappa shape index (κ3) is 3.82. The number of fused-ring (bicyclic) bond motifs is 1. The van der Waals surface area contributed by atoms with Crippen molar-refractivity contribution < 1.29 is 17.9 Å². The number of pyridine rings is 1. The van der Waals surface area contributed by atoms with E-state index in [4.69, 9.17) is 16.3 Å². The number of aromatic nitrogens is 3. The first-order valence-electron chi connectivity index (χ1n) is 7.74. The Kier molecular flexibility index (Phi) is 4.97. The lowest BCUT2D eigenvalue weighted by molar-refractivity contribution is -0.141. The van der Waals surface area contributed by atoms with Crippen molar-refractivity contribution in [3.63, 3.8) is 0 Å². The standard InChI is InChI=1S/C17H13ClF3N3O3/c1-23-14-12(6-7-13(22-14)17(19,20)21)15(25)24(16(23)26)8-9-27-11-4-2-10(18)3-5-11/h2-7H,8-9H2,1H3. The van der Waals surface area contributed by atoms with Crippen LogP contribution in [0.3, 0.4) is 0 Å². The maximum Gasteiger partial charge on any atom is 0.433 e. The van der Waals surface area contributed by atoms with E-state index in [1.807, 2.05) is 0 Å². The fraction of sp³-hybridized carbons (Fsp3) is 0.235. The number of benzene rings is 1. The minimum atomic E-state index is -4.68. The topological polar surface area (TPSA) is 66.1 Å². The number of nitrogens with zero attached hydrogens (tertiary/aromatic N) is 3. The fourth-order valence-electron chi connectivity index (χ4n) is 2.52. The Morgan fingerprint density at radius 1 is 1.11 bits per heavy atom. The van der Waals surface area contributed by atoms with Crippen LogP contribution in [0.2, 0.25) is 5.02 Å². The van der Waals surface area contributed by atoms with E-state index in [9.17, 15) is 22.8 Å². The molecule has 27 heavy (non-hydrogen) atoms. The van der Waals surface area contributed by atoms with Crippen LogP contribution in [0.1, 0.15) is 5.69 Å². The summed E-state index contributed by atoms with van der Waals surface area (Å²) in [6.07, 6.45) is -4.68. The number of rotatable bonds is 4. The lowest BCUT2D eigenvalue weighted by atomic mass is 10.2. The largest absolute Gasteiger partial charge is 0.492 e. The minimum absolute atomic E-state index is 0.0103. The van der Waals surface area contributed by atoms with Gasteiger partial charge in [-0.25, -0.2) is 9.78 Å². The molecule has 2 heterocycles. The number of halogens is 4. The number of alkyl halides is 3. The molecule has 0 unspecified atom stereocenters. The van der Waals surface area contributed by atoms with Crippen molar-refractivity contribution in [1.29, 1.82) is 0 Å². The van der Waals surface area contributed by atoms with Gasteiger partial charge in [0.05, 0.1) is 11.9 Å². The summed E-state index contributed by atoms with van der Waals surface area (Å²) in [6.45, 7) is -0.0680. The summed E-state index contributed by atoms with van der Waals surface area (Å²) >= 11 is 5.77. The highest BCUT2D eigenvalue weighted by Crippen LogP contribution is 2.28. The van der Waals surface area contributed by atoms with Crippen molar-refractivity contribution in [2.24, 2.45) is 7.05 Å². The molecular formula is C17H13ClF3N3O3. The molecule has 0 fully saturated rings. The smallest absolute Gasteiger partial charge is 0.433 e. The molecule has 10 heteroatoms. The van der Waals surface area contributed by atoms with E-state index in [2.05, 4.69) is 4.98 Å². The molecule has 0 aliphatic rings. The van der Waals surface area contributed by atoms with Gasteiger partial charge in [0, 0.05) is 12.1 Å². The van der Waals surface area contributed by atoms with E-state index < -0.39 is 23.1 Å². The second kappa shape index (κ2) is 7.07. The molecule has 0 saturated carbocycles. The normalized spacial score (nSPS) is 11.7. The summed E-state index contributed by atoms with van der Waals surface area (Å²) in [4.78, 5) is 28.3. The molecule has 0 saturated heterocycles. The average molecular weight is 400 g/mol. The second-order valence-corrected chi connectivity index (χ2v) is 6.10. The third-order valence-electron chi connectivity index (χ3n) is 3.87. The van der Waals surface area contributed by atoms with Crippen LogP contribution in [0.4, 0.5) is 13.2 Å². The van der Waals surface area contributed by atoms with Gasteiger partial charge in [0.2, 0.25) is 0 Å². The van der Waals surface area contributed by atoms with Crippen molar-refractivity contribution in [1.82, 2.24) is 14.1 Å². The summed E-state index contributed by atoms with van der Waals surface area (Å²) in [5, 5.41) is 0.448. The van der Waals surface area contributed by atoms with Gasteiger partial charge < -0.3 is 4.74 Å². The van der Waals surface area contributed by atoms with Gasteiger partial charge in [0.15, 0.2) is 0 Å². The minimum Gasteiger partial charge on any atom is -0.492 e. The SMILES string of the molecule is Cn1c(=O)n(CCOc2ccc(Cl)cc2)c(=O)c2ccc(C(F)(F)F)nc21. The molecule has 6 nitrogen and oxygen atoms in total. The molecule has 2 aromatic heterocycles. The molecule has 0 aliphatic heterocycles. The van der Waals surface area contributed by atoms with Crippen molar-refractivity contribution >= 4 is 22.6 Å². The van der Waals surface area contributed by atoms with Crippen LogP contribution in [-0.2, 0) is 19.8 Å². The Morgan fingerprint density at radius 2 is 1.78 bits per heavy atom. The van der Waals surface area contributed by atoms with E-state index >= 15 is 0 Å². The van der Waals surface area contributed by atoms with Crippen LogP contribution >= 0.6 is 11.6 Å². The summed E-state index contributed by atoms with van der Waals surface area (Å²) in [7, 11) is 1.26. The van der Waals surface area contributed by atoms with Gasteiger partial charge in [0.1, 0.15) is 23.7 Å². The Bertz CT molecular complexity index is 1110. The number of hydrogen-bond acceptors (Lipinski definition) is 4. The molecule has 0 aliphatic carbocycles. The number of hydrogen-bond donors (Lipinski definition) is 0. The molecule has 1 aromatic carbocycles. The maximum atomic E-state index is 12.8. The summed E-state index contributed by atoms with van der Waals surface area (Å²) in [6, 6.07) is 8.24. The van der Waals surface area contributed by atoms with Gasteiger partial charge in [-0.05, 0) is 36.4 Å². The molecule has 0 bridgehead atoms. The van der Waals surface area contributed by atoms with Crippen LogP contribution in [0, 0.1) is 0 Å². The zero-order valence-electron chi connectivity index (χ0n) is 14.0. The van der Waals surface area contributed by atoms with Gasteiger partial charge >= 0.3 is 11.9 Å². The molecule has 0 spiro atoms. The van der Waals surface area contributed by atoms with E-state index in [1.54, 1.807) is 24.3 Å². The van der Waals surface area contributed by atoms with E-state index in [1.165, 1.54) is 7.05 Å². The van der Waals surface area contributed by atoms with E-state index in [-0.39, 0.29) is 24.2 Å². The van der Waals surface area contributed by atoms with Crippen LogP contribution in [-0.4, -0.2) is 20.7 Å². The van der Waals surface area contributed by atoms with E-state index in [0.717, 1.165) is 15.2 Å². The van der Waals surface area contributed by atoms with Crippen molar-refractivity contribution in [2.75, 3.05) is 6.61 Å². The summed E-state index contributed by atoms with van der Waals surface area (Å²) in [5.41, 5.74) is -3.00. The molecule has 142 valence electrons. The summed E-state index contributed by atoms with van der Waals surface area (Å²) in [5.74, 6) is 0.501. The fourth-order valence-corrected chi connectivity index (χ4v) is 2.64. The van der Waals surface area contributed by atoms with Crippen molar-refractivity contribution in [2.45, 2.75) is 12.7 Å². The first-order valence-corrected chi connectivity index (χ1v) is 8.12. The van der Waals surface area contributed by atoms with Crippen LogP contribution in [0.15, 0.2) is 46.0 Å². The predicted molar refractivity (Wildman–Crippen MR) is 93.2 cm³/mol. The Hall–Kier alpha value is -2.81. The van der Waals surface area contributed by atoms with Gasteiger partial charge in [-0.1, -0.05) is 11.6 Å². The number of aryl methyl sites for hydroxylation is 1. The quantitative estimate of drug-likeness (QED) is 0.676. The van der Waals surface area contributed by atoms with E-state index in [0.29, 0.717) is 16.8 Å². The first kappa shape index (κ1) is 19.0. The second-order valence-electron chi connectivity index (χ2n) is 5.67. The molecule has 0 N–H and O–H groups in total.